The predicted molar refractivity (Wildman–Crippen MR) is 76.7 cm³/mol. The molecular weight excluding hydrogens is 270 g/mol. The predicted octanol–water partition coefficient (Wildman–Crippen LogP) is 0.466. The third-order valence-corrected chi connectivity index (χ3v) is 4.70. The Morgan fingerprint density at radius 1 is 1.38 bits per heavy atom. The van der Waals surface area contributed by atoms with E-state index in [0.717, 1.165) is 44.5 Å². The second-order valence-corrected chi connectivity index (χ2v) is 6.17. The average molecular weight is 291 g/mol. The van der Waals surface area contributed by atoms with E-state index in [0.29, 0.717) is 18.8 Å². The van der Waals surface area contributed by atoms with Crippen LogP contribution in [0.4, 0.5) is 0 Å². The summed E-state index contributed by atoms with van der Waals surface area (Å²) in [5.74, 6) is 0.492. The molecular formula is C15H21N3O3. The number of hydrogen-bond acceptors (Lipinski definition) is 4. The molecule has 0 unspecified atom stereocenters. The van der Waals surface area contributed by atoms with E-state index in [1.165, 1.54) is 6.07 Å². The minimum Gasteiger partial charge on any atom is -0.390 e. The smallest absolute Gasteiger partial charge is 0.264 e. The first kappa shape index (κ1) is 14.3. The zero-order chi connectivity index (χ0) is 14.9. The van der Waals surface area contributed by atoms with Crippen LogP contribution in [0, 0.1) is 5.92 Å². The quantitative estimate of drug-likeness (QED) is 0.844. The summed E-state index contributed by atoms with van der Waals surface area (Å²) in [4.78, 5) is 25.0. The molecule has 1 saturated carbocycles. The Morgan fingerprint density at radius 2 is 2.10 bits per heavy atom. The standard InChI is InChI=1S/C15H21N3O3/c19-13-3-1-12(16-17-13)2-4-14(20)18-9-5-11(6-10-18)15(21)7-8-15/h1,3,11,21H,2,4-10H2,(H,17,19). The largest absolute Gasteiger partial charge is 0.390 e. The van der Waals surface area contributed by atoms with Crippen molar-refractivity contribution in [1.82, 2.24) is 15.1 Å². The van der Waals surface area contributed by atoms with Gasteiger partial charge in [-0.3, -0.25) is 9.59 Å². The van der Waals surface area contributed by atoms with E-state index in [1.807, 2.05) is 4.90 Å². The number of carbonyl (C=O) groups excluding carboxylic acids is 1. The highest BCUT2D eigenvalue weighted by Crippen LogP contribution is 2.46. The molecule has 0 aromatic carbocycles. The van der Waals surface area contributed by atoms with Crippen LogP contribution in [0.5, 0.6) is 0 Å². The number of nitrogens with zero attached hydrogens (tertiary/aromatic N) is 2. The van der Waals surface area contributed by atoms with E-state index in [1.54, 1.807) is 6.07 Å². The second kappa shape index (κ2) is 5.60. The Labute approximate surface area is 123 Å². The summed E-state index contributed by atoms with van der Waals surface area (Å²) >= 11 is 0. The van der Waals surface area contributed by atoms with Gasteiger partial charge in [-0.1, -0.05) is 0 Å². The molecule has 21 heavy (non-hydrogen) atoms. The van der Waals surface area contributed by atoms with Gasteiger partial charge in [-0.05, 0) is 37.7 Å². The van der Waals surface area contributed by atoms with E-state index in [4.69, 9.17) is 0 Å². The van der Waals surface area contributed by atoms with Crippen molar-refractivity contribution in [1.29, 1.82) is 0 Å². The third kappa shape index (κ3) is 3.32. The fourth-order valence-corrected chi connectivity index (χ4v) is 3.11. The molecule has 2 aliphatic rings. The maximum absolute atomic E-state index is 12.2. The van der Waals surface area contributed by atoms with Gasteiger partial charge >= 0.3 is 0 Å². The van der Waals surface area contributed by atoms with Crippen LogP contribution in [0.15, 0.2) is 16.9 Å². The van der Waals surface area contributed by atoms with Gasteiger partial charge in [0.15, 0.2) is 0 Å². The van der Waals surface area contributed by atoms with Crippen molar-refractivity contribution in [3.05, 3.63) is 28.2 Å². The lowest BCUT2D eigenvalue weighted by molar-refractivity contribution is -0.133. The molecule has 0 radical (unpaired) electrons. The van der Waals surface area contributed by atoms with Gasteiger partial charge in [0.1, 0.15) is 0 Å². The lowest BCUT2D eigenvalue weighted by atomic mass is 9.89. The summed E-state index contributed by atoms with van der Waals surface area (Å²) < 4.78 is 0. The molecule has 2 heterocycles. The summed E-state index contributed by atoms with van der Waals surface area (Å²) in [6, 6.07) is 3.08. The number of aromatic nitrogens is 2. The van der Waals surface area contributed by atoms with Crippen molar-refractivity contribution < 1.29 is 9.90 Å². The molecule has 1 saturated heterocycles. The molecule has 2 N–H and O–H groups in total. The Hall–Kier alpha value is -1.69. The first-order valence-corrected chi connectivity index (χ1v) is 7.62. The second-order valence-electron chi connectivity index (χ2n) is 6.17. The monoisotopic (exact) mass is 291 g/mol. The Morgan fingerprint density at radius 3 is 2.67 bits per heavy atom. The van der Waals surface area contributed by atoms with Gasteiger partial charge < -0.3 is 10.0 Å². The van der Waals surface area contributed by atoms with Gasteiger partial charge in [0, 0.05) is 32.0 Å². The highest BCUT2D eigenvalue weighted by molar-refractivity contribution is 5.76. The first-order valence-electron chi connectivity index (χ1n) is 7.62. The summed E-state index contributed by atoms with van der Waals surface area (Å²) in [6.07, 6.45) is 4.60. The SMILES string of the molecule is O=C(CCc1ccc(=O)[nH]n1)N1CCC(C2(O)CC2)CC1. The first-order chi connectivity index (χ1) is 10.1. The van der Waals surface area contributed by atoms with Crippen LogP contribution in [0.2, 0.25) is 0 Å². The minimum atomic E-state index is -0.422. The van der Waals surface area contributed by atoms with Crippen LogP contribution in [0.1, 0.15) is 37.8 Å². The van der Waals surface area contributed by atoms with Crippen LogP contribution < -0.4 is 5.56 Å². The number of hydrogen-bond donors (Lipinski definition) is 2. The van der Waals surface area contributed by atoms with E-state index in [9.17, 15) is 14.7 Å². The average Bonchev–Trinajstić information content (AvgIpc) is 3.26. The summed E-state index contributed by atoms with van der Waals surface area (Å²) in [6.45, 7) is 1.48. The number of likely N-dealkylation sites (tertiary alicyclic amines) is 1. The molecule has 0 bridgehead atoms. The van der Waals surface area contributed by atoms with Crippen LogP contribution in [-0.4, -0.2) is 44.8 Å². The topological polar surface area (TPSA) is 86.3 Å². The number of rotatable bonds is 4. The minimum absolute atomic E-state index is 0.129. The van der Waals surface area contributed by atoms with Gasteiger partial charge in [-0.2, -0.15) is 5.10 Å². The molecule has 0 atom stereocenters. The number of amides is 1. The molecule has 114 valence electrons. The summed E-state index contributed by atoms with van der Waals surface area (Å²) in [5, 5.41) is 16.4. The van der Waals surface area contributed by atoms with Crippen molar-refractivity contribution >= 4 is 5.91 Å². The summed E-state index contributed by atoms with van der Waals surface area (Å²) in [5.41, 5.74) is 0.0740. The number of aryl methyl sites for hydroxylation is 1. The molecule has 6 heteroatoms. The van der Waals surface area contributed by atoms with Gasteiger partial charge in [0.2, 0.25) is 5.91 Å². The fourth-order valence-electron chi connectivity index (χ4n) is 3.11. The number of nitrogens with one attached hydrogen (secondary N) is 1. The molecule has 1 amide bonds. The molecule has 1 aliphatic carbocycles. The molecule has 0 spiro atoms. The van der Waals surface area contributed by atoms with Crippen LogP contribution in [0.3, 0.4) is 0 Å². The number of aliphatic hydroxyl groups is 1. The number of aromatic amines is 1. The molecule has 1 aliphatic heterocycles. The maximum atomic E-state index is 12.2. The molecule has 3 rings (SSSR count). The highest BCUT2D eigenvalue weighted by atomic mass is 16.3. The molecule has 2 fully saturated rings. The van der Waals surface area contributed by atoms with E-state index < -0.39 is 5.60 Å². The van der Waals surface area contributed by atoms with E-state index in [2.05, 4.69) is 10.2 Å². The Bertz CT molecular complexity index is 551. The van der Waals surface area contributed by atoms with Crippen molar-refractivity contribution in [3.63, 3.8) is 0 Å². The van der Waals surface area contributed by atoms with Gasteiger partial charge in [-0.15, -0.1) is 0 Å². The van der Waals surface area contributed by atoms with Crippen molar-refractivity contribution in [2.75, 3.05) is 13.1 Å². The van der Waals surface area contributed by atoms with Gasteiger partial charge in [0.05, 0.1) is 11.3 Å². The van der Waals surface area contributed by atoms with Crippen LogP contribution in [0.25, 0.3) is 0 Å². The number of H-pyrrole nitrogens is 1. The van der Waals surface area contributed by atoms with Crippen molar-refractivity contribution in [2.45, 2.75) is 44.1 Å². The number of carbonyl (C=O) groups is 1. The number of piperidine rings is 1. The zero-order valence-corrected chi connectivity index (χ0v) is 12.0. The van der Waals surface area contributed by atoms with Crippen LogP contribution >= 0.6 is 0 Å². The Kier molecular flexibility index (Phi) is 3.80. The lowest BCUT2D eigenvalue weighted by Crippen LogP contribution is -2.42. The van der Waals surface area contributed by atoms with Crippen molar-refractivity contribution in [3.8, 4) is 0 Å². The molecule has 1 aromatic rings. The molecule has 1 aromatic heterocycles. The van der Waals surface area contributed by atoms with E-state index in [-0.39, 0.29) is 11.5 Å². The fraction of sp³-hybridized carbons (Fsp3) is 0.667. The van der Waals surface area contributed by atoms with Gasteiger partial charge in [0.25, 0.3) is 5.56 Å². The lowest BCUT2D eigenvalue weighted by Gasteiger charge is -2.34. The zero-order valence-electron chi connectivity index (χ0n) is 12.0. The summed E-state index contributed by atoms with van der Waals surface area (Å²) in [7, 11) is 0. The van der Waals surface area contributed by atoms with Gasteiger partial charge in [-0.25, -0.2) is 5.10 Å². The molecule has 6 nitrogen and oxygen atoms in total. The maximum Gasteiger partial charge on any atom is 0.264 e. The van der Waals surface area contributed by atoms with Crippen LogP contribution in [-0.2, 0) is 11.2 Å². The van der Waals surface area contributed by atoms with E-state index >= 15 is 0 Å². The normalized spacial score (nSPS) is 21.3. The van der Waals surface area contributed by atoms with Crippen molar-refractivity contribution in [2.24, 2.45) is 5.92 Å². The third-order valence-electron chi connectivity index (χ3n) is 4.70. The highest BCUT2D eigenvalue weighted by Gasteiger charge is 2.48. The Balaban J connectivity index is 1.46.